The number of carbonyl (C=O) groups excluding carboxylic acids is 1. The molecule has 2 aliphatic rings. The van der Waals surface area contributed by atoms with E-state index in [9.17, 15) is 10.1 Å². The maximum Gasteiger partial charge on any atom is 0.264 e. The molecule has 6 rings (SSSR count). The van der Waals surface area contributed by atoms with E-state index < -0.39 is 5.82 Å². The Morgan fingerprint density at radius 3 is 2.58 bits per heavy atom. The maximum absolute atomic E-state index is 15.7. The number of nitrogens with two attached hydrogens (primary N) is 1. The van der Waals surface area contributed by atoms with Crippen molar-refractivity contribution in [3.8, 4) is 28.8 Å². The van der Waals surface area contributed by atoms with Crippen molar-refractivity contribution in [3.05, 3.63) is 72.3 Å². The van der Waals surface area contributed by atoms with Gasteiger partial charge in [-0.3, -0.25) is 9.69 Å². The second kappa shape index (κ2) is 16.2. The number of ether oxygens (including phenoxy) is 1. The molecule has 3 atom stereocenters. The van der Waals surface area contributed by atoms with Crippen LogP contribution in [0.1, 0.15) is 78.7 Å². The van der Waals surface area contributed by atoms with Gasteiger partial charge in [-0.2, -0.15) is 10.4 Å². The number of benzene rings is 2. The molecule has 0 saturated carbocycles. The van der Waals surface area contributed by atoms with Gasteiger partial charge in [-0.05, 0) is 84.1 Å². The van der Waals surface area contributed by atoms with E-state index in [2.05, 4.69) is 53.9 Å². The third-order valence-electron chi connectivity index (χ3n) is 10.3. The summed E-state index contributed by atoms with van der Waals surface area (Å²) in [6.45, 7) is 12.2. The highest BCUT2D eigenvalue weighted by Crippen LogP contribution is 2.36. The van der Waals surface area contributed by atoms with Crippen LogP contribution in [-0.4, -0.2) is 79.3 Å². The molecule has 11 nitrogen and oxygen atoms in total. The minimum absolute atomic E-state index is 0.133. The van der Waals surface area contributed by atoms with Gasteiger partial charge in [0, 0.05) is 55.4 Å². The normalized spacial score (nSPS) is 20.2. The predicted molar refractivity (Wildman–Crippen MR) is 201 cm³/mol. The zero-order valence-electron chi connectivity index (χ0n) is 30.7. The van der Waals surface area contributed by atoms with Crippen LogP contribution in [0.4, 0.5) is 10.2 Å². The van der Waals surface area contributed by atoms with Crippen LogP contribution in [0.2, 0.25) is 0 Å². The summed E-state index contributed by atoms with van der Waals surface area (Å²) in [4.78, 5) is 26.6. The number of piperidine rings is 1. The molecule has 2 aromatic heterocycles. The van der Waals surface area contributed by atoms with Crippen molar-refractivity contribution in [2.45, 2.75) is 96.3 Å². The van der Waals surface area contributed by atoms with Gasteiger partial charge >= 0.3 is 0 Å². The minimum Gasteiger partial charge on any atom is -0.457 e. The number of aromatic nitrogens is 4. The molecule has 2 saturated heterocycles. The van der Waals surface area contributed by atoms with Crippen molar-refractivity contribution in [1.29, 1.82) is 5.26 Å². The summed E-state index contributed by atoms with van der Waals surface area (Å²) < 4.78 is 23.2. The van der Waals surface area contributed by atoms with Crippen LogP contribution < -0.4 is 15.8 Å². The summed E-state index contributed by atoms with van der Waals surface area (Å²) in [5, 5.41) is 18.9. The number of hydrogen-bond donors (Lipinski definition) is 2. The molecule has 274 valence electrons. The molecule has 0 aliphatic carbocycles. The predicted octanol–water partition coefficient (Wildman–Crippen LogP) is 7.03. The number of allylic oxidation sites excluding steroid dienone is 1. The van der Waals surface area contributed by atoms with Gasteiger partial charge in [-0.15, -0.1) is 0 Å². The number of fused-ring (bicyclic) bond motifs is 1. The van der Waals surface area contributed by atoms with Crippen LogP contribution >= 0.6 is 0 Å². The van der Waals surface area contributed by atoms with Gasteiger partial charge < -0.3 is 20.7 Å². The standard InChI is InChI=1S/C40H50FN9O2/c1-27-23-49(24-28(2)46-27)40(3,4)19-11-6-5-8-13-29(22-42)39(51)48-20-12-14-30(25-48)50-38-35(37(43)44-26-45-38)36(47-50)33-18-17-32(21-34(33)41)52-31-15-9-7-10-16-31/h7,9-10,13,15-18,21,26-28,30,46H,5-6,8,11-12,14,19-20,23-25H2,1-4H3,(H2,43,44,45)/b29-13+/t27-,28+,30-/m1/s1. The van der Waals surface area contributed by atoms with E-state index in [0.29, 0.717) is 66.2 Å². The number of amides is 1. The maximum atomic E-state index is 15.7. The van der Waals surface area contributed by atoms with Crippen molar-refractivity contribution in [2.24, 2.45) is 0 Å². The summed E-state index contributed by atoms with van der Waals surface area (Å²) in [7, 11) is 0. The molecule has 4 heterocycles. The largest absolute Gasteiger partial charge is 0.457 e. The number of hydrogen-bond acceptors (Lipinski definition) is 9. The van der Waals surface area contributed by atoms with Crippen LogP contribution in [0.25, 0.3) is 22.3 Å². The highest BCUT2D eigenvalue weighted by Gasteiger charge is 2.33. The van der Waals surface area contributed by atoms with E-state index in [4.69, 9.17) is 15.6 Å². The molecular formula is C40H50FN9O2. The lowest BCUT2D eigenvalue weighted by atomic mass is 9.92. The van der Waals surface area contributed by atoms with E-state index in [0.717, 1.165) is 45.2 Å². The third kappa shape index (κ3) is 8.43. The zero-order valence-corrected chi connectivity index (χ0v) is 30.7. The lowest BCUT2D eigenvalue weighted by Gasteiger charge is -2.46. The fraction of sp³-hybridized carbons (Fsp3) is 0.475. The highest BCUT2D eigenvalue weighted by molar-refractivity contribution is 5.99. The average Bonchev–Trinajstić information content (AvgIpc) is 3.52. The summed E-state index contributed by atoms with van der Waals surface area (Å²) in [6, 6.07) is 16.7. The van der Waals surface area contributed by atoms with Crippen LogP contribution in [0.3, 0.4) is 0 Å². The number of halogens is 1. The number of nitriles is 1. The van der Waals surface area contributed by atoms with Gasteiger partial charge in [0.15, 0.2) is 5.65 Å². The Bertz CT molecular complexity index is 1930. The molecule has 3 N–H and O–H groups in total. The van der Waals surface area contributed by atoms with E-state index in [1.165, 1.54) is 12.4 Å². The Morgan fingerprint density at radius 2 is 1.85 bits per heavy atom. The van der Waals surface area contributed by atoms with Crippen molar-refractivity contribution in [2.75, 3.05) is 31.9 Å². The highest BCUT2D eigenvalue weighted by atomic mass is 19.1. The van der Waals surface area contributed by atoms with Gasteiger partial charge in [-0.1, -0.05) is 37.1 Å². The number of rotatable bonds is 12. The number of nitrogen functional groups attached to an aromatic ring is 1. The number of anilines is 1. The van der Waals surface area contributed by atoms with Crippen LogP contribution in [0.15, 0.2) is 66.5 Å². The first-order valence-corrected chi connectivity index (χ1v) is 18.5. The molecule has 0 unspecified atom stereocenters. The number of unbranched alkanes of at least 4 members (excludes halogenated alkanes) is 3. The third-order valence-corrected chi connectivity index (χ3v) is 10.3. The number of piperazine rings is 1. The molecule has 2 aromatic carbocycles. The van der Waals surface area contributed by atoms with Crippen molar-refractivity contribution in [3.63, 3.8) is 0 Å². The summed E-state index contributed by atoms with van der Waals surface area (Å²) in [6.07, 6.45) is 9.44. The summed E-state index contributed by atoms with van der Waals surface area (Å²) >= 11 is 0. The average molecular weight is 708 g/mol. The fourth-order valence-electron chi connectivity index (χ4n) is 7.61. The molecule has 52 heavy (non-hydrogen) atoms. The van der Waals surface area contributed by atoms with Gasteiger partial charge in [-0.25, -0.2) is 19.0 Å². The molecule has 4 aromatic rings. The van der Waals surface area contributed by atoms with Gasteiger partial charge in [0.25, 0.3) is 5.91 Å². The molecule has 0 radical (unpaired) electrons. The van der Waals surface area contributed by atoms with Crippen LogP contribution in [0, 0.1) is 17.1 Å². The number of likely N-dealkylation sites (tertiary alicyclic amines) is 1. The molecule has 0 bridgehead atoms. The second-order valence-corrected chi connectivity index (χ2v) is 14.9. The molecule has 0 spiro atoms. The molecule has 12 heteroatoms. The van der Waals surface area contributed by atoms with Gasteiger partial charge in [0.2, 0.25) is 0 Å². The summed E-state index contributed by atoms with van der Waals surface area (Å²) in [5.74, 6) is 0.326. The van der Waals surface area contributed by atoms with Crippen LogP contribution in [-0.2, 0) is 4.79 Å². The fourth-order valence-corrected chi connectivity index (χ4v) is 7.61. The number of para-hydroxylation sites is 1. The molecule has 2 fully saturated rings. The zero-order chi connectivity index (χ0) is 36.8. The smallest absolute Gasteiger partial charge is 0.264 e. The number of nitrogens with zero attached hydrogens (tertiary/aromatic N) is 7. The van der Waals surface area contributed by atoms with Crippen molar-refractivity contribution in [1.82, 2.24) is 34.9 Å². The molecule has 1 amide bonds. The lowest BCUT2D eigenvalue weighted by Crippen LogP contribution is -2.60. The Labute approximate surface area is 305 Å². The van der Waals surface area contributed by atoms with E-state index >= 15 is 4.39 Å². The monoisotopic (exact) mass is 707 g/mol. The molecule has 2 aliphatic heterocycles. The Morgan fingerprint density at radius 1 is 1.08 bits per heavy atom. The van der Waals surface area contributed by atoms with Crippen LogP contribution in [0.5, 0.6) is 11.5 Å². The topological polar surface area (TPSA) is 138 Å². The first-order valence-electron chi connectivity index (χ1n) is 18.5. The number of carbonyl (C=O) groups is 1. The van der Waals surface area contributed by atoms with E-state index in [-0.39, 0.29) is 34.4 Å². The Hall–Kier alpha value is -4.86. The first-order chi connectivity index (χ1) is 25.0. The second-order valence-electron chi connectivity index (χ2n) is 14.9. The van der Waals surface area contributed by atoms with Gasteiger partial charge in [0.05, 0.1) is 11.4 Å². The van der Waals surface area contributed by atoms with Gasteiger partial charge in [0.1, 0.15) is 46.8 Å². The minimum atomic E-state index is -0.528. The van der Waals surface area contributed by atoms with Crippen molar-refractivity contribution < 1.29 is 13.9 Å². The number of nitrogens with one attached hydrogen (secondary N) is 1. The Kier molecular flexibility index (Phi) is 11.5. The Balaban J connectivity index is 1.10. The lowest BCUT2D eigenvalue weighted by molar-refractivity contribution is -0.128. The van der Waals surface area contributed by atoms with Crippen molar-refractivity contribution >= 4 is 22.8 Å². The molecular weight excluding hydrogens is 657 g/mol. The first kappa shape index (κ1) is 36.9. The van der Waals surface area contributed by atoms with E-state index in [1.54, 1.807) is 39.9 Å². The summed E-state index contributed by atoms with van der Waals surface area (Å²) in [5.41, 5.74) is 7.65. The quantitative estimate of drug-likeness (QED) is 0.0903. The SMILES string of the molecule is C[C@@H]1CN(C(C)(C)CCCCC/C=C(\C#N)C(=O)N2CCC[C@@H](n3nc(-c4ccc(Oc5ccccc5)cc4F)c4c(N)ncnc43)C2)C[C@H](C)N1. The van der Waals surface area contributed by atoms with E-state index in [1.807, 2.05) is 18.2 Å².